The third-order valence-electron chi connectivity index (χ3n) is 2.85. The Morgan fingerprint density at radius 3 is 2.70 bits per heavy atom. The van der Waals surface area contributed by atoms with Crippen molar-refractivity contribution in [1.82, 2.24) is 5.06 Å². The van der Waals surface area contributed by atoms with Crippen molar-refractivity contribution in [3.05, 3.63) is 39.9 Å². The van der Waals surface area contributed by atoms with Gasteiger partial charge in [0.15, 0.2) is 0 Å². The maximum Gasteiger partial charge on any atom is 0.271 e. The number of rotatable bonds is 4. The molecule has 1 amide bonds. The topological polar surface area (TPSA) is 85.0 Å². The fraction of sp³-hybridized carbons (Fsp3) is 0.333. The van der Waals surface area contributed by atoms with Crippen molar-refractivity contribution in [2.45, 2.75) is 6.04 Å². The van der Waals surface area contributed by atoms with Crippen LogP contribution in [-0.2, 0) is 9.63 Å². The van der Waals surface area contributed by atoms with Crippen molar-refractivity contribution in [3.63, 3.8) is 0 Å². The lowest BCUT2D eigenvalue weighted by Gasteiger charge is -2.15. The smallest absolute Gasteiger partial charge is 0.271 e. The summed E-state index contributed by atoms with van der Waals surface area (Å²) in [5.74, 6) is 0.329. The Hall–Kier alpha value is -1.93. The second-order valence-electron chi connectivity index (χ2n) is 4.08. The van der Waals surface area contributed by atoms with Crippen LogP contribution in [-0.4, -0.2) is 46.9 Å². The molecule has 106 valence electrons. The standard InChI is InChI=1S/C12H13N3O4S/c1-14(19-2)12(16)10-7-20-11(13-10)8-3-5-9(6-4-8)15(17)18/h3-6,10H,7H2,1-2H3/t10-/m0/s1. The maximum atomic E-state index is 11.9. The first-order valence-corrected chi connectivity index (χ1v) is 6.78. The molecule has 2 rings (SSSR count). The van der Waals surface area contributed by atoms with E-state index in [4.69, 9.17) is 4.84 Å². The Morgan fingerprint density at radius 1 is 1.50 bits per heavy atom. The van der Waals surface area contributed by atoms with Crippen LogP contribution in [0.2, 0.25) is 0 Å². The minimum atomic E-state index is -0.477. The van der Waals surface area contributed by atoms with Crippen LogP contribution in [0.25, 0.3) is 0 Å². The largest absolute Gasteiger partial charge is 0.274 e. The first-order chi connectivity index (χ1) is 9.52. The number of nitrogens with zero attached hydrogens (tertiary/aromatic N) is 3. The van der Waals surface area contributed by atoms with Crippen LogP contribution in [0.15, 0.2) is 29.3 Å². The fourth-order valence-electron chi connectivity index (χ4n) is 1.68. The van der Waals surface area contributed by atoms with Gasteiger partial charge in [0.1, 0.15) is 6.04 Å². The first-order valence-electron chi connectivity index (χ1n) is 5.80. The van der Waals surface area contributed by atoms with Crippen LogP contribution in [0.4, 0.5) is 5.69 Å². The van der Waals surface area contributed by atoms with Gasteiger partial charge in [0.2, 0.25) is 0 Å². The molecule has 0 aromatic heterocycles. The van der Waals surface area contributed by atoms with Crippen molar-refractivity contribution in [1.29, 1.82) is 0 Å². The molecule has 7 nitrogen and oxygen atoms in total. The average Bonchev–Trinajstić information content (AvgIpc) is 2.95. The summed E-state index contributed by atoms with van der Waals surface area (Å²) >= 11 is 1.45. The minimum Gasteiger partial charge on any atom is -0.274 e. The number of carbonyl (C=O) groups excluding carboxylic acids is 1. The number of carbonyl (C=O) groups is 1. The molecule has 1 aliphatic rings. The molecule has 0 aliphatic carbocycles. The van der Waals surface area contributed by atoms with Gasteiger partial charge in [-0.15, -0.1) is 11.8 Å². The molecule has 0 bridgehead atoms. The summed E-state index contributed by atoms with van der Waals surface area (Å²) in [6.45, 7) is 0. The number of thioether (sulfide) groups is 1. The Balaban J connectivity index is 2.14. The number of benzene rings is 1. The number of hydrogen-bond donors (Lipinski definition) is 0. The second kappa shape index (κ2) is 6.02. The fourth-order valence-corrected chi connectivity index (χ4v) is 2.72. The molecule has 0 N–H and O–H groups in total. The predicted molar refractivity (Wildman–Crippen MR) is 75.7 cm³/mol. The lowest BCUT2D eigenvalue weighted by Crippen LogP contribution is -2.34. The molecule has 1 heterocycles. The molecule has 0 saturated carbocycles. The van der Waals surface area contributed by atoms with Crippen molar-refractivity contribution in [3.8, 4) is 0 Å². The van der Waals surface area contributed by atoms with Crippen LogP contribution in [0.3, 0.4) is 0 Å². The highest BCUT2D eigenvalue weighted by atomic mass is 32.2. The van der Waals surface area contributed by atoms with Gasteiger partial charge < -0.3 is 0 Å². The SMILES string of the molecule is CON(C)C(=O)[C@@H]1CSC(c2ccc([N+](=O)[O-])cc2)=N1. The second-order valence-corrected chi connectivity index (χ2v) is 5.09. The van der Waals surface area contributed by atoms with Gasteiger partial charge in [-0.1, -0.05) is 0 Å². The molecular formula is C12H13N3O4S. The van der Waals surface area contributed by atoms with E-state index in [-0.39, 0.29) is 11.6 Å². The summed E-state index contributed by atoms with van der Waals surface area (Å²) in [6.07, 6.45) is 0. The van der Waals surface area contributed by atoms with Crippen molar-refractivity contribution < 1.29 is 14.6 Å². The van der Waals surface area contributed by atoms with Gasteiger partial charge in [0.25, 0.3) is 11.6 Å². The third kappa shape index (κ3) is 2.97. The van der Waals surface area contributed by atoms with Gasteiger partial charge in [-0.3, -0.25) is 24.7 Å². The van der Waals surface area contributed by atoms with Crippen LogP contribution in [0.5, 0.6) is 0 Å². The highest BCUT2D eigenvalue weighted by molar-refractivity contribution is 8.14. The summed E-state index contributed by atoms with van der Waals surface area (Å²) < 4.78 is 0. The van der Waals surface area contributed by atoms with Crippen molar-refractivity contribution >= 4 is 28.4 Å². The monoisotopic (exact) mass is 295 g/mol. The van der Waals surface area contributed by atoms with E-state index in [0.29, 0.717) is 10.8 Å². The van der Waals surface area contributed by atoms with Gasteiger partial charge in [0, 0.05) is 30.5 Å². The van der Waals surface area contributed by atoms with Gasteiger partial charge in [0.05, 0.1) is 17.1 Å². The van der Waals surface area contributed by atoms with E-state index in [2.05, 4.69) is 4.99 Å². The lowest BCUT2D eigenvalue weighted by molar-refractivity contribution is -0.384. The number of amides is 1. The van der Waals surface area contributed by atoms with E-state index in [1.807, 2.05) is 0 Å². The normalized spacial score (nSPS) is 17.7. The van der Waals surface area contributed by atoms with E-state index < -0.39 is 11.0 Å². The van der Waals surface area contributed by atoms with Gasteiger partial charge in [-0.05, 0) is 12.1 Å². The molecule has 0 spiro atoms. The third-order valence-corrected chi connectivity index (χ3v) is 3.94. The number of aliphatic imine (C=N–C) groups is 1. The summed E-state index contributed by atoms with van der Waals surface area (Å²) in [6, 6.07) is 5.65. The van der Waals surface area contributed by atoms with E-state index in [9.17, 15) is 14.9 Å². The predicted octanol–water partition coefficient (Wildman–Crippen LogP) is 1.48. The van der Waals surface area contributed by atoms with Crippen LogP contribution in [0.1, 0.15) is 5.56 Å². The number of non-ortho nitro benzene ring substituents is 1. The Labute approximate surface area is 119 Å². The molecule has 20 heavy (non-hydrogen) atoms. The summed E-state index contributed by atoms with van der Waals surface area (Å²) in [7, 11) is 2.95. The summed E-state index contributed by atoms with van der Waals surface area (Å²) in [5.41, 5.74) is 0.806. The van der Waals surface area contributed by atoms with E-state index in [1.54, 1.807) is 12.1 Å². The zero-order chi connectivity index (χ0) is 14.7. The molecule has 0 unspecified atom stereocenters. The molecule has 0 saturated heterocycles. The minimum absolute atomic E-state index is 0.0316. The molecule has 0 radical (unpaired) electrons. The lowest BCUT2D eigenvalue weighted by atomic mass is 10.2. The van der Waals surface area contributed by atoms with Gasteiger partial charge in [-0.2, -0.15) is 0 Å². The van der Waals surface area contributed by atoms with Gasteiger partial charge >= 0.3 is 0 Å². The average molecular weight is 295 g/mol. The summed E-state index contributed by atoms with van der Waals surface area (Å²) in [4.78, 5) is 31.2. The summed E-state index contributed by atoms with van der Waals surface area (Å²) in [5, 5.41) is 12.4. The van der Waals surface area contributed by atoms with Crippen molar-refractivity contribution in [2.75, 3.05) is 19.9 Å². The molecule has 1 aromatic rings. The zero-order valence-corrected chi connectivity index (χ0v) is 11.8. The molecule has 1 aliphatic heterocycles. The Kier molecular flexibility index (Phi) is 4.35. The maximum absolute atomic E-state index is 11.9. The highest BCUT2D eigenvalue weighted by Crippen LogP contribution is 2.25. The Morgan fingerprint density at radius 2 is 2.15 bits per heavy atom. The number of nitro groups is 1. The number of nitro benzene ring substituents is 1. The van der Waals surface area contributed by atoms with Gasteiger partial charge in [-0.25, -0.2) is 5.06 Å². The quantitative estimate of drug-likeness (QED) is 0.620. The number of likely N-dealkylation sites (N-methyl/N-ethyl adjacent to an activating group) is 1. The first kappa shape index (κ1) is 14.5. The molecular weight excluding hydrogens is 282 g/mol. The van der Waals surface area contributed by atoms with Crippen molar-refractivity contribution in [2.24, 2.45) is 4.99 Å². The molecule has 8 heteroatoms. The van der Waals surface area contributed by atoms with Crippen LogP contribution >= 0.6 is 11.8 Å². The van der Waals surface area contributed by atoms with Crippen LogP contribution < -0.4 is 0 Å². The molecule has 1 atom stereocenters. The van der Waals surface area contributed by atoms with E-state index >= 15 is 0 Å². The number of hydrogen-bond acceptors (Lipinski definition) is 6. The van der Waals surface area contributed by atoms with Crippen LogP contribution in [0, 0.1) is 10.1 Å². The highest BCUT2D eigenvalue weighted by Gasteiger charge is 2.28. The van der Waals surface area contributed by atoms with E-state index in [0.717, 1.165) is 10.6 Å². The molecule has 0 fully saturated rings. The zero-order valence-electron chi connectivity index (χ0n) is 11.0. The molecule has 1 aromatic carbocycles. The van der Waals surface area contributed by atoms with E-state index in [1.165, 1.54) is 38.1 Å². The Bertz CT molecular complexity index is 558. The number of hydroxylamine groups is 2.